The molecule has 0 radical (unpaired) electrons. The molecule has 1 aromatic carbocycles. The molecule has 0 spiro atoms. The van der Waals surface area contributed by atoms with Crippen LogP contribution in [-0.2, 0) is 4.79 Å². The molecule has 0 saturated carbocycles. The van der Waals surface area contributed by atoms with Crippen molar-refractivity contribution in [2.24, 2.45) is 0 Å². The molecule has 0 amide bonds. The van der Waals surface area contributed by atoms with Gasteiger partial charge in [-0.15, -0.1) is 0 Å². The Kier molecular flexibility index (Phi) is 3.96. The van der Waals surface area contributed by atoms with E-state index in [2.05, 4.69) is 15.9 Å². The minimum absolute atomic E-state index is 0.291. The van der Waals surface area contributed by atoms with Crippen molar-refractivity contribution in [3.05, 3.63) is 35.6 Å². The molecule has 0 aliphatic carbocycles. The molecule has 0 bridgehead atoms. The Morgan fingerprint density at radius 2 is 1.87 bits per heavy atom. The maximum absolute atomic E-state index is 12.5. The highest BCUT2D eigenvalue weighted by atomic mass is 79.9. The molecule has 1 N–H and O–H groups in total. The summed E-state index contributed by atoms with van der Waals surface area (Å²) in [4.78, 5) is 21.1. The standard InChI is InChI=1S/C10H8BrFO3/c11-8(5-9(13)14)10(15)6-1-3-7(12)4-2-6/h1-4,8H,5H2,(H,13,14)/t8-/m1/s1. The Bertz CT molecular complexity index is 375. The first-order valence-electron chi connectivity index (χ1n) is 4.16. The summed E-state index contributed by atoms with van der Waals surface area (Å²) in [5, 5.41) is 8.48. The van der Waals surface area contributed by atoms with E-state index in [1.807, 2.05) is 0 Å². The van der Waals surface area contributed by atoms with Crippen molar-refractivity contribution in [1.29, 1.82) is 0 Å². The number of alkyl halides is 1. The van der Waals surface area contributed by atoms with Crippen molar-refractivity contribution in [3.63, 3.8) is 0 Å². The van der Waals surface area contributed by atoms with Crippen LogP contribution < -0.4 is 0 Å². The summed E-state index contributed by atoms with van der Waals surface area (Å²) >= 11 is 2.97. The highest BCUT2D eigenvalue weighted by Gasteiger charge is 2.19. The minimum atomic E-state index is -1.06. The molecule has 0 heterocycles. The van der Waals surface area contributed by atoms with Crippen LogP contribution >= 0.6 is 15.9 Å². The van der Waals surface area contributed by atoms with E-state index in [1.54, 1.807) is 0 Å². The largest absolute Gasteiger partial charge is 0.481 e. The number of carbonyl (C=O) groups is 2. The summed E-state index contributed by atoms with van der Waals surface area (Å²) in [5.74, 6) is -1.86. The van der Waals surface area contributed by atoms with Gasteiger partial charge in [-0.1, -0.05) is 15.9 Å². The molecular formula is C10H8BrFO3. The number of hydrogen-bond acceptors (Lipinski definition) is 2. The quantitative estimate of drug-likeness (QED) is 0.677. The van der Waals surface area contributed by atoms with Gasteiger partial charge in [-0.25, -0.2) is 4.39 Å². The van der Waals surface area contributed by atoms with Crippen LogP contribution in [-0.4, -0.2) is 21.7 Å². The van der Waals surface area contributed by atoms with Gasteiger partial charge in [0.05, 0.1) is 11.2 Å². The lowest BCUT2D eigenvalue weighted by Gasteiger charge is -2.05. The lowest BCUT2D eigenvalue weighted by atomic mass is 10.1. The Morgan fingerprint density at radius 1 is 1.33 bits per heavy atom. The van der Waals surface area contributed by atoms with Gasteiger partial charge in [-0.3, -0.25) is 9.59 Å². The minimum Gasteiger partial charge on any atom is -0.481 e. The molecule has 0 aliphatic heterocycles. The highest BCUT2D eigenvalue weighted by Crippen LogP contribution is 2.14. The number of aliphatic carboxylic acids is 1. The Morgan fingerprint density at radius 3 is 2.33 bits per heavy atom. The van der Waals surface area contributed by atoms with E-state index in [0.29, 0.717) is 5.56 Å². The molecular weight excluding hydrogens is 267 g/mol. The lowest BCUT2D eigenvalue weighted by Crippen LogP contribution is -2.18. The van der Waals surface area contributed by atoms with Gasteiger partial charge in [0.15, 0.2) is 5.78 Å². The fraction of sp³-hybridized carbons (Fsp3) is 0.200. The van der Waals surface area contributed by atoms with Crippen molar-refractivity contribution in [3.8, 4) is 0 Å². The van der Waals surface area contributed by atoms with E-state index in [1.165, 1.54) is 12.1 Å². The van der Waals surface area contributed by atoms with E-state index < -0.39 is 16.6 Å². The Hall–Kier alpha value is -1.23. The summed E-state index contributed by atoms with van der Waals surface area (Å²) in [6, 6.07) is 4.98. The van der Waals surface area contributed by atoms with Crippen LogP contribution in [0.15, 0.2) is 24.3 Å². The second-order valence-electron chi connectivity index (χ2n) is 2.94. The number of ketones is 1. The first-order chi connectivity index (χ1) is 7.00. The zero-order valence-electron chi connectivity index (χ0n) is 7.61. The monoisotopic (exact) mass is 274 g/mol. The van der Waals surface area contributed by atoms with Gasteiger partial charge in [-0.2, -0.15) is 0 Å². The van der Waals surface area contributed by atoms with Gasteiger partial charge in [0.25, 0.3) is 0 Å². The van der Waals surface area contributed by atoms with Crippen LogP contribution in [0.2, 0.25) is 0 Å². The second-order valence-corrected chi connectivity index (χ2v) is 4.04. The van der Waals surface area contributed by atoms with Crippen LogP contribution in [0.4, 0.5) is 4.39 Å². The fourth-order valence-electron chi connectivity index (χ4n) is 1.04. The average molecular weight is 275 g/mol. The Labute approximate surface area is 94.0 Å². The third kappa shape index (κ3) is 3.43. The predicted octanol–water partition coefficient (Wildman–Crippen LogP) is 2.25. The van der Waals surface area contributed by atoms with Gasteiger partial charge in [-0.05, 0) is 24.3 Å². The van der Waals surface area contributed by atoms with Crippen LogP contribution in [0.25, 0.3) is 0 Å². The smallest absolute Gasteiger partial charge is 0.304 e. The topological polar surface area (TPSA) is 54.4 Å². The van der Waals surface area contributed by atoms with Crippen LogP contribution in [0, 0.1) is 5.82 Å². The van der Waals surface area contributed by atoms with E-state index >= 15 is 0 Å². The fourth-order valence-corrected chi connectivity index (χ4v) is 1.58. The third-order valence-corrected chi connectivity index (χ3v) is 2.51. The molecule has 3 nitrogen and oxygen atoms in total. The maximum Gasteiger partial charge on any atom is 0.304 e. The number of carboxylic acids is 1. The molecule has 0 aromatic heterocycles. The molecule has 1 rings (SSSR count). The number of rotatable bonds is 4. The predicted molar refractivity (Wildman–Crippen MR) is 55.7 cm³/mol. The van der Waals surface area contributed by atoms with Gasteiger partial charge in [0, 0.05) is 5.56 Å². The molecule has 1 atom stereocenters. The number of halogens is 2. The van der Waals surface area contributed by atoms with Crippen LogP contribution in [0.3, 0.4) is 0 Å². The van der Waals surface area contributed by atoms with Gasteiger partial charge < -0.3 is 5.11 Å². The van der Waals surface area contributed by atoms with Crippen molar-refractivity contribution >= 4 is 27.7 Å². The molecule has 0 unspecified atom stereocenters. The number of benzene rings is 1. The maximum atomic E-state index is 12.5. The number of hydrogen-bond donors (Lipinski definition) is 1. The number of carboxylic acid groups (broad SMARTS) is 1. The van der Waals surface area contributed by atoms with Gasteiger partial charge in [0.2, 0.25) is 0 Å². The third-order valence-electron chi connectivity index (χ3n) is 1.77. The van der Waals surface area contributed by atoms with Crippen molar-refractivity contribution in [2.45, 2.75) is 11.2 Å². The molecule has 0 aliphatic rings. The summed E-state index contributed by atoms with van der Waals surface area (Å²) in [7, 11) is 0. The summed E-state index contributed by atoms with van der Waals surface area (Å²) in [6.45, 7) is 0. The summed E-state index contributed by atoms with van der Waals surface area (Å²) in [6.07, 6.45) is -0.295. The lowest BCUT2D eigenvalue weighted by molar-refractivity contribution is -0.136. The number of carbonyl (C=O) groups excluding carboxylic acids is 1. The van der Waals surface area contributed by atoms with Crippen LogP contribution in [0.5, 0.6) is 0 Å². The second kappa shape index (κ2) is 5.02. The molecule has 15 heavy (non-hydrogen) atoms. The zero-order chi connectivity index (χ0) is 11.4. The van der Waals surface area contributed by atoms with Gasteiger partial charge in [0.1, 0.15) is 5.82 Å². The van der Waals surface area contributed by atoms with E-state index in [9.17, 15) is 14.0 Å². The Balaban J connectivity index is 2.76. The first-order valence-corrected chi connectivity index (χ1v) is 5.08. The van der Waals surface area contributed by atoms with Crippen molar-refractivity contribution in [2.75, 3.05) is 0 Å². The number of Topliss-reactive ketones (excluding diaryl/α,β-unsaturated/α-hetero) is 1. The molecule has 80 valence electrons. The van der Waals surface area contributed by atoms with Crippen molar-refractivity contribution < 1.29 is 19.1 Å². The molecule has 0 fully saturated rings. The summed E-state index contributed by atoms with van der Waals surface area (Å²) < 4.78 is 12.5. The van der Waals surface area contributed by atoms with E-state index in [0.717, 1.165) is 12.1 Å². The molecule has 0 saturated heterocycles. The van der Waals surface area contributed by atoms with E-state index in [4.69, 9.17) is 5.11 Å². The zero-order valence-corrected chi connectivity index (χ0v) is 9.20. The summed E-state index contributed by atoms with van der Waals surface area (Å²) in [5.41, 5.74) is 0.291. The van der Waals surface area contributed by atoms with E-state index in [-0.39, 0.29) is 12.2 Å². The first kappa shape index (κ1) is 11.8. The van der Waals surface area contributed by atoms with Gasteiger partial charge >= 0.3 is 5.97 Å². The van der Waals surface area contributed by atoms with Crippen LogP contribution in [0.1, 0.15) is 16.8 Å². The highest BCUT2D eigenvalue weighted by molar-refractivity contribution is 9.10. The SMILES string of the molecule is O=C(O)C[C@@H](Br)C(=O)c1ccc(F)cc1. The average Bonchev–Trinajstić information content (AvgIpc) is 2.17. The molecule has 1 aromatic rings. The van der Waals surface area contributed by atoms with Crippen molar-refractivity contribution in [1.82, 2.24) is 0 Å². The normalized spacial score (nSPS) is 12.1. The molecule has 5 heteroatoms.